The first-order valence-corrected chi connectivity index (χ1v) is 9.99. The normalized spacial score (nSPS) is 11.6. The third kappa shape index (κ3) is 5.09. The highest BCUT2D eigenvalue weighted by atomic mass is 16.3. The summed E-state index contributed by atoms with van der Waals surface area (Å²) in [5.74, 6) is -0.898. The van der Waals surface area contributed by atoms with E-state index in [9.17, 15) is 25.2 Å². The summed E-state index contributed by atoms with van der Waals surface area (Å²) in [4.78, 5) is 12.5. The first-order valence-electron chi connectivity index (χ1n) is 9.99. The van der Waals surface area contributed by atoms with Crippen LogP contribution in [0.25, 0.3) is 22.3 Å². The van der Waals surface area contributed by atoms with Gasteiger partial charge in [0.05, 0.1) is 5.56 Å². The summed E-state index contributed by atoms with van der Waals surface area (Å²) in [6, 6.07) is 6.21. The standard InChI is InChI=1S/C25H26O6/c1-14(2)5-4-6-15(3)7-8-16-9-18(20(28)12-19(16)27)23-13-22(30)25-21(29)10-17(26)11-24(25)31-23/h5,7,9-13,26-29H,4,6,8H2,1-3H3. The van der Waals surface area contributed by atoms with Gasteiger partial charge in [-0.15, -0.1) is 0 Å². The average Bonchev–Trinajstić information content (AvgIpc) is 2.66. The Labute approximate surface area is 180 Å². The quantitative estimate of drug-likeness (QED) is 0.389. The number of fused-ring (bicyclic) bond motifs is 1. The Morgan fingerprint density at radius 2 is 1.65 bits per heavy atom. The minimum Gasteiger partial charge on any atom is -0.508 e. The van der Waals surface area contributed by atoms with Crippen molar-refractivity contribution < 1.29 is 24.8 Å². The molecule has 0 aliphatic carbocycles. The maximum absolute atomic E-state index is 12.5. The van der Waals surface area contributed by atoms with Crippen LogP contribution < -0.4 is 5.43 Å². The van der Waals surface area contributed by atoms with Crippen molar-refractivity contribution in [1.29, 1.82) is 0 Å². The van der Waals surface area contributed by atoms with Gasteiger partial charge in [-0.05, 0) is 51.7 Å². The SMILES string of the molecule is CC(C)=CCCC(C)=CCc1cc(-c2cc(=O)c3c(O)cc(O)cc3o2)c(O)cc1O. The Morgan fingerprint density at radius 3 is 2.35 bits per heavy atom. The monoisotopic (exact) mass is 422 g/mol. The molecule has 0 fully saturated rings. The molecule has 0 atom stereocenters. The molecule has 6 nitrogen and oxygen atoms in total. The van der Waals surface area contributed by atoms with E-state index >= 15 is 0 Å². The number of allylic oxidation sites excluding steroid dienone is 4. The molecule has 1 heterocycles. The van der Waals surface area contributed by atoms with E-state index in [1.807, 2.05) is 13.0 Å². The predicted molar refractivity (Wildman–Crippen MR) is 121 cm³/mol. The van der Waals surface area contributed by atoms with Crippen LogP contribution in [0.2, 0.25) is 0 Å². The second kappa shape index (κ2) is 9.00. The third-order valence-electron chi connectivity index (χ3n) is 5.02. The molecule has 4 N–H and O–H groups in total. The van der Waals surface area contributed by atoms with Crippen molar-refractivity contribution in [2.45, 2.75) is 40.0 Å². The number of hydrogen-bond donors (Lipinski definition) is 4. The first kappa shape index (κ1) is 22.0. The van der Waals surface area contributed by atoms with E-state index in [2.05, 4.69) is 19.9 Å². The second-order valence-electron chi connectivity index (χ2n) is 7.89. The van der Waals surface area contributed by atoms with Gasteiger partial charge in [0.2, 0.25) is 0 Å². The van der Waals surface area contributed by atoms with E-state index in [1.54, 1.807) is 6.07 Å². The van der Waals surface area contributed by atoms with E-state index in [-0.39, 0.29) is 45.3 Å². The lowest BCUT2D eigenvalue weighted by atomic mass is 10.0. The summed E-state index contributed by atoms with van der Waals surface area (Å²) in [7, 11) is 0. The second-order valence-corrected chi connectivity index (χ2v) is 7.89. The van der Waals surface area contributed by atoms with Crippen LogP contribution in [0.4, 0.5) is 0 Å². The molecule has 0 bridgehead atoms. The fraction of sp³-hybridized carbons (Fsp3) is 0.240. The number of phenols is 4. The van der Waals surface area contributed by atoms with Crippen LogP contribution in [0.3, 0.4) is 0 Å². The van der Waals surface area contributed by atoms with E-state index in [0.717, 1.165) is 25.0 Å². The number of aromatic hydroxyl groups is 4. The summed E-state index contributed by atoms with van der Waals surface area (Å²) < 4.78 is 5.68. The molecule has 2 aromatic carbocycles. The molecule has 0 aliphatic heterocycles. The van der Waals surface area contributed by atoms with Crippen LogP contribution in [0.5, 0.6) is 23.0 Å². The first-order chi connectivity index (χ1) is 14.7. The van der Waals surface area contributed by atoms with E-state index in [0.29, 0.717) is 12.0 Å². The van der Waals surface area contributed by atoms with Crippen LogP contribution in [0, 0.1) is 0 Å². The smallest absolute Gasteiger partial charge is 0.197 e. The minimum atomic E-state index is -0.516. The maximum atomic E-state index is 12.5. The fourth-order valence-corrected chi connectivity index (χ4v) is 3.34. The topological polar surface area (TPSA) is 111 Å². The van der Waals surface area contributed by atoms with Crippen molar-refractivity contribution in [3.05, 3.63) is 69.4 Å². The highest BCUT2D eigenvalue weighted by Crippen LogP contribution is 2.37. The molecule has 0 aliphatic rings. The molecule has 162 valence electrons. The van der Waals surface area contributed by atoms with Crippen molar-refractivity contribution in [1.82, 2.24) is 0 Å². The Morgan fingerprint density at radius 1 is 0.903 bits per heavy atom. The molecular formula is C25H26O6. The number of rotatable bonds is 6. The molecule has 0 saturated carbocycles. The van der Waals surface area contributed by atoms with Crippen molar-refractivity contribution in [2.24, 2.45) is 0 Å². The maximum Gasteiger partial charge on any atom is 0.197 e. The molecule has 0 saturated heterocycles. The highest BCUT2D eigenvalue weighted by Gasteiger charge is 2.16. The van der Waals surface area contributed by atoms with Gasteiger partial charge in [-0.1, -0.05) is 23.3 Å². The molecule has 0 radical (unpaired) electrons. The van der Waals surface area contributed by atoms with Gasteiger partial charge >= 0.3 is 0 Å². The molecular weight excluding hydrogens is 396 g/mol. The van der Waals surface area contributed by atoms with Gasteiger partial charge in [0, 0.05) is 24.3 Å². The van der Waals surface area contributed by atoms with E-state index in [4.69, 9.17) is 4.42 Å². The van der Waals surface area contributed by atoms with Gasteiger partial charge in [-0.2, -0.15) is 0 Å². The summed E-state index contributed by atoms with van der Waals surface area (Å²) >= 11 is 0. The molecule has 0 spiro atoms. The molecule has 3 aromatic rings. The number of phenolic OH excluding ortho intramolecular Hbond substituents is 4. The van der Waals surface area contributed by atoms with Crippen LogP contribution in [0.1, 0.15) is 39.2 Å². The van der Waals surface area contributed by atoms with Gasteiger partial charge < -0.3 is 24.8 Å². The van der Waals surface area contributed by atoms with Gasteiger partial charge in [-0.25, -0.2) is 0 Å². The number of hydrogen-bond acceptors (Lipinski definition) is 6. The van der Waals surface area contributed by atoms with Gasteiger partial charge in [-0.3, -0.25) is 4.79 Å². The van der Waals surface area contributed by atoms with Crippen LogP contribution in [-0.4, -0.2) is 20.4 Å². The Bertz CT molecular complexity index is 1240. The Balaban J connectivity index is 1.98. The van der Waals surface area contributed by atoms with Crippen molar-refractivity contribution in [2.75, 3.05) is 0 Å². The average molecular weight is 422 g/mol. The van der Waals surface area contributed by atoms with Crippen LogP contribution >= 0.6 is 0 Å². The minimum absolute atomic E-state index is 0.0102. The number of benzene rings is 2. The summed E-state index contributed by atoms with van der Waals surface area (Å²) in [5, 5.41) is 40.2. The third-order valence-corrected chi connectivity index (χ3v) is 5.02. The fourth-order valence-electron chi connectivity index (χ4n) is 3.34. The summed E-state index contributed by atoms with van der Waals surface area (Å²) in [6.45, 7) is 6.14. The van der Waals surface area contributed by atoms with Gasteiger partial charge in [0.1, 0.15) is 39.7 Å². The van der Waals surface area contributed by atoms with Gasteiger partial charge in [0.25, 0.3) is 0 Å². The highest BCUT2D eigenvalue weighted by molar-refractivity contribution is 5.86. The van der Waals surface area contributed by atoms with E-state index in [1.165, 1.54) is 23.3 Å². The van der Waals surface area contributed by atoms with Crippen molar-refractivity contribution in [3.63, 3.8) is 0 Å². The zero-order valence-corrected chi connectivity index (χ0v) is 17.8. The zero-order chi connectivity index (χ0) is 22.7. The molecule has 6 heteroatoms. The summed E-state index contributed by atoms with van der Waals surface area (Å²) in [5.41, 5.74) is 2.71. The Hall–Kier alpha value is -3.67. The molecule has 0 amide bonds. The lowest BCUT2D eigenvalue weighted by molar-refractivity contribution is 0.446. The molecule has 0 unspecified atom stereocenters. The molecule has 31 heavy (non-hydrogen) atoms. The largest absolute Gasteiger partial charge is 0.508 e. The zero-order valence-electron chi connectivity index (χ0n) is 17.8. The van der Waals surface area contributed by atoms with Crippen LogP contribution in [-0.2, 0) is 6.42 Å². The van der Waals surface area contributed by atoms with Crippen LogP contribution in [0.15, 0.2) is 62.8 Å². The summed E-state index contributed by atoms with van der Waals surface area (Å²) in [6.07, 6.45) is 6.48. The molecule has 1 aromatic heterocycles. The lowest BCUT2D eigenvalue weighted by Gasteiger charge is -2.10. The van der Waals surface area contributed by atoms with Gasteiger partial charge in [0.15, 0.2) is 5.43 Å². The lowest BCUT2D eigenvalue weighted by Crippen LogP contribution is -2.01. The van der Waals surface area contributed by atoms with Crippen molar-refractivity contribution in [3.8, 4) is 34.3 Å². The van der Waals surface area contributed by atoms with E-state index < -0.39 is 5.43 Å². The van der Waals surface area contributed by atoms with Crippen molar-refractivity contribution >= 4 is 11.0 Å². The Kier molecular flexibility index (Phi) is 6.39. The molecule has 3 rings (SSSR count). The predicted octanol–water partition coefficient (Wildman–Crippen LogP) is 5.52.